The van der Waals surface area contributed by atoms with Gasteiger partial charge in [-0.15, -0.1) is 0 Å². The minimum Gasteiger partial charge on any atom is -0.397 e. The summed E-state index contributed by atoms with van der Waals surface area (Å²) in [5.74, 6) is -0.404. The van der Waals surface area contributed by atoms with E-state index in [1.807, 2.05) is 6.07 Å². The summed E-state index contributed by atoms with van der Waals surface area (Å²) in [5.41, 5.74) is 6.16. The Kier molecular flexibility index (Phi) is 3.10. The number of carbonyl (C=O) groups excluding carboxylic acids is 2. The number of imide groups is 1. The van der Waals surface area contributed by atoms with Gasteiger partial charge in [0, 0.05) is 6.42 Å². The molecule has 0 aromatic carbocycles. The number of nitrogens with two attached hydrogens (primary N) is 1. The van der Waals surface area contributed by atoms with E-state index in [1.54, 1.807) is 0 Å². The van der Waals surface area contributed by atoms with Crippen molar-refractivity contribution in [1.82, 2.24) is 10.3 Å². The molecule has 1 unspecified atom stereocenters. The molecule has 0 bridgehead atoms. The van der Waals surface area contributed by atoms with Crippen molar-refractivity contribution >= 4 is 23.3 Å². The third-order valence-electron chi connectivity index (χ3n) is 2.58. The van der Waals surface area contributed by atoms with E-state index < -0.39 is 11.9 Å². The van der Waals surface area contributed by atoms with Crippen molar-refractivity contribution in [3.63, 3.8) is 0 Å². The topological polar surface area (TPSA) is 121 Å². The van der Waals surface area contributed by atoms with Crippen LogP contribution in [0.15, 0.2) is 12.3 Å². The monoisotopic (exact) mass is 245 g/mol. The quantitative estimate of drug-likeness (QED) is 0.618. The highest BCUT2D eigenvalue weighted by Gasteiger charge is 2.27. The second kappa shape index (κ2) is 4.71. The molecule has 18 heavy (non-hydrogen) atoms. The average molecular weight is 245 g/mol. The number of nitriles is 1. The highest BCUT2D eigenvalue weighted by Crippen LogP contribution is 2.17. The van der Waals surface area contributed by atoms with Gasteiger partial charge in [0.2, 0.25) is 11.8 Å². The maximum Gasteiger partial charge on any atom is 0.249 e. The number of nitrogen functional groups attached to an aromatic ring is 1. The number of carbonyl (C=O) groups is 2. The summed E-state index contributed by atoms with van der Waals surface area (Å²) in [5, 5.41) is 14.0. The number of nitrogens with one attached hydrogen (secondary N) is 2. The van der Waals surface area contributed by atoms with Gasteiger partial charge in [-0.1, -0.05) is 0 Å². The van der Waals surface area contributed by atoms with Crippen molar-refractivity contribution in [3.05, 3.63) is 17.8 Å². The molecule has 0 radical (unpaired) electrons. The lowest BCUT2D eigenvalue weighted by Crippen LogP contribution is -2.47. The van der Waals surface area contributed by atoms with E-state index in [9.17, 15) is 9.59 Å². The molecule has 7 nitrogen and oxygen atoms in total. The Labute approximate surface area is 103 Å². The Morgan fingerprint density at radius 1 is 1.56 bits per heavy atom. The molecule has 2 heterocycles. The highest BCUT2D eigenvalue weighted by atomic mass is 16.2. The van der Waals surface area contributed by atoms with Crippen LogP contribution in [0.1, 0.15) is 18.4 Å². The number of aromatic nitrogens is 1. The van der Waals surface area contributed by atoms with Crippen molar-refractivity contribution in [3.8, 4) is 6.07 Å². The molecule has 1 aromatic rings. The van der Waals surface area contributed by atoms with Crippen molar-refractivity contribution in [1.29, 1.82) is 5.26 Å². The molecule has 1 saturated heterocycles. The second-order valence-electron chi connectivity index (χ2n) is 3.92. The Balaban J connectivity index is 2.17. The average Bonchev–Trinajstić information content (AvgIpc) is 2.34. The Hall–Kier alpha value is -2.62. The van der Waals surface area contributed by atoms with Crippen LogP contribution < -0.4 is 16.4 Å². The van der Waals surface area contributed by atoms with E-state index >= 15 is 0 Å². The number of rotatable bonds is 2. The molecule has 1 fully saturated rings. The molecule has 1 aliphatic heterocycles. The fourth-order valence-electron chi connectivity index (χ4n) is 1.68. The zero-order chi connectivity index (χ0) is 13.1. The largest absolute Gasteiger partial charge is 0.397 e. The second-order valence-corrected chi connectivity index (χ2v) is 3.92. The van der Waals surface area contributed by atoms with Crippen LogP contribution in [0, 0.1) is 11.3 Å². The van der Waals surface area contributed by atoms with Gasteiger partial charge in [-0.3, -0.25) is 14.9 Å². The van der Waals surface area contributed by atoms with E-state index in [0.717, 1.165) is 0 Å². The van der Waals surface area contributed by atoms with E-state index in [4.69, 9.17) is 11.0 Å². The van der Waals surface area contributed by atoms with Gasteiger partial charge in [0.15, 0.2) is 0 Å². The minimum atomic E-state index is -0.564. The number of anilines is 2. The summed E-state index contributed by atoms with van der Waals surface area (Å²) >= 11 is 0. The van der Waals surface area contributed by atoms with Gasteiger partial charge in [-0.05, 0) is 12.5 Å². The Morgan fingerprint density at radius 3 is 3.00 bits per heavy atom. The van der Waals surface area contributed by atoms with Crippen LogP contribution in [-0.4, -0.2) is 22.8 Å². The van der Waals surface area contributed by atoms with Gasteiger partial charge in [0.25, 0.3) is 0 Å². The van der Waals surface area contributed by atoms with Crippen LogP contribution in [0.25, 0.3) is 0 Å². The lowest BCUT2D eigenvalue weighted by atomic mass is 10.1. The molecule has 0 saturated carbocycles. The van der Waals surface area contributed by atoms with Crippen molar-refractivity contribution < 1.29 is 9.59 Å². The summed E-state index contributed by atoms with van der Waals surface area (Å²) in [4.78, 5) is 26.5. The Bertz CT molecular complexity index is 549. The number of amides is 2. The summed E-state index contributed by atoms with van der Waals surface area (Å²) in [6, 6.07) is 2.86. The molecular formula is C11H11N5O2. The lowest BCUT2D eigenvalue weighted by Gasteiger charge is -2.22. The van der Waals surface area contributed by atoms with Gasteiger partial charge in [0.1, 0.15) is 17.9 Å². The molecular weight excluding hydrogens is 234 g/mol. The van der Waals surface area contributed by atoms with E-state index in [1.165, 1.54) is 12.3 Å². The standard InChI is InChI=1S/C11H11N5O2/c12-4-6-3-7(13)5-14-10(6)15-8-1-2-9(17)16-11(8)18/h3,5,8H,1-2,13H2,(H,14,15)(H,16,17,18). The molecule has 1 aromatic heterocycles. The van der Waals surface area contributed by atoms with Crippen LogP contribution in [0.4, 0.5) is 11.5 Å². The summed E-state index contributed by atoms with van der Waals surface area (Å²) in [6.45, 7) is 0. The molecule has 1 atom stereocenters. The molecule has 2 rings (SSSR count). The van der Waals surface area contributed by atoms with Crippen LogP contribution in [0.3, 0.4) is 0 Å². The summed E-state index contributed by atoms with van der Waals surface area (Å²) < 4.78 is 0. The first kappa shape index (κ1) is 11.9. The van der Waals surface area contributed by atoms with Gasteiger partial charge in [0.05, 0.1) is 17.4 Å². The van der Waals surface area contributed by atoms with Crippen LogP contribution in [0.2, 0.25) is 0 Å². The zero-order valence-corrected chi connectivity index (χ0v) is 9.43. The molecule has 4 N–H and O–H groups in total. The first-order chi connectivity index (χ1) is 8.60. The smallest absolute Gasteiger partial charge is 0.249 e. The molecule has 0 spiro atoms. The maximum absolute atomic E-state index is 11.5. The lowest BCUT2D eigenvalue weighted by molar-refractivity contribution is -0.133. The normalized spacial score (nSPS) is 18.9. The SMILES string of the molecule is N#Cc1cc(N)cnc1NC1CCC(=O)NC1=O. The number of nitrogens with zero attached hydrogens (tertiary/aromatic N) is 2. The molecule has 1 aliphatic rings. The molecule has 0 aliphatic carbocycles. The van der Waals surface area contributed by atoms with E-state index in [0.29, 0.717) is 17.9 Å². The van der Waals surface area contributed by atoms with Crippen molar-refractivity contribution in [2.24, 2.45) is 0 Å². The van der Waals surface area contributed by atoms with E-state index in [2.05, 4.69) is 15.6 Å². The molecule has 92 valence electrons. The Morgan fingerprint density at radius 2 is 2.33 bits per heavy atom. The number of hydrogen-bond acceptors (Lipinski definition) is 6. The number of hydrogen-bond donors (Lipinski definition) is 3. The van der Waals surface area contributed by atoms with E-state index in [-0.39, 0.29) is 17.9 Å². The summed E-state index contributed by atoms with van der Waals surface area (Å²) in [6.07, 6.45) is 2.04. The van der Waals surface area contributed by atoms with Gasteiger partial charge < -0.3 is 11.1 Å². The predicted octanol–water partition coefficient (Wildman–Crippen LogP) is -0.247. The molecule has 2 amide bonds. The number of piperidine rings is 1. The van der Waals surface area contributed by atoms with Crippen molar-refractivity contribution in [2.75, 3.05) is 11.1 Å². The first-order valence-electron chi connectivity index (χ1n) is 5.36. The predicted molar refractivity (Wildman–Crippen MR) is 63.2 cm³/mol. The first-order valence-corrected chi connectivity index (χ1v) is 5.36. The fraction of sp³-hybridized carbons (Fsp3) is 0.273. The fourth-order valence-corrected chi connectivity index (χ4v) is 1.68. The third kappa shape index (κ3) is 2.38. The number of pyridine rings is 1. The van der Waals surface area contributed by atoms with Gasteiger partial charge in [-0.25, -0.2) is 4.98 Å². The zero-order valence-electron chi connectivity index (χ0n) is 9.43. The summed E-state index contributed by atoms with van der Waals surface area (Å²) in [7, 11) is 0. The van der Waals surface area contributed by atoms with Gasteiger partial charge >= 0.3 is 0 Å². The van der Waals surface area contributed by atoms with Crippen LogP contribution >= 0.6 is 0 Å². The van der Waals surface area contributed by atoms with Crippen LogP contribution in [-0.2, 0) is 9.59 Å². The van der Waals surface area contributed by atoms with Gasteiger partial charge in [-0.2, -0.15) is 5.26 Å². The highest BCUT2D eigenvalue weighted by molar-refractivity contribution is 6.01. The third-order valence-corrected chi connectivity index (χ3v) is 2.58. The molecule has 7 heteroatoms. The maximum atomic E-state index is 11.5. The van der Waals surface area contributed by atoms with Crippen molar-refractivity contribution in [2.45, 2.75) is 18.9 Å². The minimum absolute atomic E-state index is 0.264. The van der Waals surface area contributed by atoms with Crippen LogP contribution in [0.5, 0.6) is 0 Å².